The van der Waals surface area contributed by atoms with Crippen molar-refractivity contribution in [1.82, 2.24) is 15.0 Å². The molecule has 12 heteroatoms. The lowest BCUT2D eigenvalue weighted by atomic mass is 10.1. The van der Waals surface area contributed by atoms with E-state index in [1.54, 1.807) is 17.6 Å². The van der Waals surface area contributed by atoms with E-state index in [2.05, 4.69) is 33.7 Å². The molecule has 0 aliphatic heterocycles. The van der Waals surface area contributed by atoms with Gasteiger partial charge in [-0.3, -0.25) is 0 Å². The van der Waals surface area contributed by atoms with E-state index in [1.165, 1.54) is 29.5 Å². The first-order valence-electron chi connectivity index (χ1n) is 10.7. The van der Waals surface area contributed by atoms with E-state index in [4.69, 9.17) is 11.6 Å². The minimum atomic E-state index is -5.32. The zero-order valence-electron chi connectivity index (χ0n) is 18.6. The molecule has 0 saturated heterocycles. The van der Waals surface area contributed by atoms with E-state index >= 15 is 0 Å². The monoisotopic (exact) mass is 532 g/mol. The molecule has 184 valence electrons. The summed E-state index contributed by atoms with van der Waals surface area (Å²) in [5.41, 5.74) is -3.71. The van der Waals surface area contributed by atoms with Crippen molar-refractivity contribution in [3.63, 3.8) is 0 Å². The van der Waals surface area contributed by atoms with Gasteiger partial charge < -0.3 is 4.90 Å². The van der Waals surface area contributed by atoms with Gasteiger partial charge in [-0.05, 0) is 30.5 Å². The van der Waals surface area contributed by atoms with Gasteiger partial charge in [-0.2, -0.15) is 13.2 Å². The molecule has 0 bridgehead atoms. The van der Waals surface area contributed by atoms with Crippen LogP contribution in [-0.4, -0.2) is 42.0 Å². The third kappa shape index (κ3) is 6.25. The number of rotatable bonds is 10. The molecule has 0 aliphatic rings. The fourth-order valence-corrected chi connectivity index (χ4v) is 5.09. The van der Waals surface area contributed by atoms with Crippen LogP contribution in [0.4, 0.5) is 19.1 Å². The summed E-state index contributed by atoms with van der Waals surface area (Å²) in [5.74, 6) is -0.535. The molecule has 34 heavy (non-hydrogen) atoms. The number of hydrogen-bond donors (Lipinski definition) is 0. The summed E-state index contributed by atoms with van der Waals surface area (Å²) >= 11 is 7.62. The van der Waals surface area contributed by atoms with Crippen LogP contribution < -0.4 is 4.90 Å². The Hall–Kier alpha value is -2.24. The third-order valence-electron chi connectivity index (χ3n) is 4.94. The smallest absolute Gasteiger partial charge is 0.341 e. The predicted octanol–water partition coefficient (Wildman–Crippen LogP) is 6.37. The summed E-state index contributed by atoms with van der Waals surface area (Å²) in [7, 11) is -5.29. The summed E-state index contributed by atoms with van der Waals surface area (Å²) in [6, 6.07) is 5.77. The van der Waals surface area contributed by atoms with Crippen molar-refractivity contribution in [3.8, 4) is 22.0 Å². The average Bonchev–Trinajstić information content (AvgIpc) is 3.26. The molecule has 2 aromatic heterocycles. The Bertz CT molecular complexity index is 1230. The Morgan fingerprint density at radius 2 is 1.82 bits per heavy atom. The van der Waals surface area contributed by atoms with E-state index in [0.29, 0.717) is 27.9 Å². The molecule has 2 heterocycles. The van der Waals surface area contributed by atoms with Gasteiger partial charge in [0.05, 0.1) is 16.5 Å². The highest BCUT2D eigenvalue weighted by molar-refractivity contribution is 7.91. The Kier molecular flexibility index (Phi) is 8.53. The molecule has 0 aliphatic carbocycles. The summed E-state index contributed by atoms with van der Waals surface area (Å²) in [5, 5.41) is 2.53. The molecule has 0 saturated carbocycles. The van der Waals surface area contributed by atoms with E-state index in [9.17, 15) is 21.6 Å². The zero-order chi connectivity index (χ0) is 24.9. The fourth-order valence-electron chi connectivity index (χ4n) is 3.22. The molecule has 0 spiro atoms. The van der Waals surface area contributed by atoms with Crippen LogP contribution in [0, 0.1) is 0 Å². The third-order valence-corrected chi connectivity index (χ3v) is 7.54. The number of benzene rings is 1. The number of alkyl halides is 3. The minimum absolute atomic E-state index is 0.0509. The number of halogens is 4. The van der Waals surface area contributed by atoms with Crippen LogP contribution in [0.2, 0.25) is 5.02 Å². The standard InChI is InChI=1S/C22H24ClF3N4O2S2/c1-3-5-11-30(10-4-2)21-27-9-8-18(29-21)20-28-19(13-33-20)16-7-6-15(12-17(16)23)14-34(31,32)22(24,25)26/h6-9,12-13H,3-5,10-11,14H2,1-2H3. The van der Waals surface area contributed by atoms with Gasteiger partial charge in [0, 0.05) is 30.2 Å². The second-order valence-electron chi connectivity index (χ2n) is 7.64. The first-order valence-corrected chi connectivity index (χ1v) is 13.6. The van der Waals surface area contributed by atoms with Gasteiger partial charge in [-0.1, -0.05) is 44.0 Å². The molecule has 0 fully saturated rings. The molecular formula is C22H24ClF3N4O2S2. The van der Waals surface area contributed by atoms with Crippen molar-refractivity contribution < 1.29 is 21.6 Å². The van der Waals surface area contributed by atoms with Crippen molar-refractivity contribution in [2.24, 2.45) is 0 Å². The highest BCUT2D eigenvalue weighted by atomic mass is 35.5. The Morgan fingerprint density at radius 3 is 2.47 bits per heavy atom. The van der Waals surface area contributed by atoms with Gasteiger partial charge in [-0.25, -0.2) is 23.4 Å². The van der Waals surface area contributed by atoms with Crippen molar-refractivity contribution in [2.45, 2.75) is 44.4 Å². The van der Waals surface area contributed by atoms with Gasteiger partial charge in [0.2, 0.25) is 5.95 Å². The molecular weight excluding hydrogens is 509 g/mol. The maximum atomic E-state index is 12.7. The average molecular weight is 533 g/mol. The Morgan fingerprint density at radius 1 is 1.06 bits per heavy atom. The Balaban J connectivity index is 1.84. The van der Waals surface area contributed by atoms with Gasteiger partial charge in [0.1, 0.15) is 10.7 Å². The number of anilines is 1. The SMILES string of the molecule is CCCCN(CCC)c1nccc(-c2nc(-c3ccc(CS(=O)(=O)C(F)(F)F)cc3Cl)cs2)n1. The minimum Gasteiger partial charge on any atom is -0.341 e. The van der Waals surface area contributed by atoms with Crippen LogP contribution in [0.3, 0.4) is 0 Å². The maximum Gasteiger partial charge on any atom is 0.497 e. The molecule has 3 aromatic rings. The molecule has 0 N–H and O–H groups in total. The molecule has 0 atom stereocenters. The lowest BCUT2D eigenvalue weighted by molar-refractivity contribution is -0.0437. The van der Waals surface area contributed by atoms with Crippen LogP contribution >= 0.6 is 22.9 Å². The van der Waals surface area contributed by atoms with Crippen molar-refractivity contribution in [1.29, 1.82) is 0 Å². The van der Waals surface area contributed by atoms with E-state index in [0.717, 1.165) is 32.4 Å². The quantitative estimate of drug-likeness (QED) is 0.302. The van der Waals surface area contributed by atoms with Gasteiger partial charge in [0.15, 0.2) is 0 Å². The number of unbranched alkanes of at least 4 members (excludes halogenated alkanes) is 1. The highest BCUT2D eigenvalue weighted by Gasteiger charge is 2.45. The molecule has 0 radical (unpaired) electrons. The first-order chi connectivity index (χ1) is 16.1. The van der Waals surface area contributed by atoms with Crippen molar-refractivity contribution >= 4 is 38.7 Å². The summed E-state index contributed by atoms with van der Waals surface area (Å²) in [4.78, 5) is 15.8. The molecule has 3 rings (SSSR count). The number of aromatic nitrogens is 3. The number of thiazole rings is 1. The van der Waals surface area contributed by atoms with Crippen molar-refractivity contribution in [2.75, 3.05) is 18.0 Å². The van der Waals surface area contributed by atoms with Crippen LogP contribution in [0.15, 0.2) is 35.8 Å². The topological polar surface area (TPSA) is 76.1 Å². The lowest BCUT2D eigenvalue weighted by Gasteiger charge is -2.21. The first kappa shape index (κ1) is 26.4. The van der Waals surface area contributed by atoms with E-state index in [1.807, 2.05) is 0 Å². The summed E-state index contributed by atoms with van der Waals surface area (Å²) < 4.78 is 60.9. The van der Waals surface area contributed by atoms with Crippen LogP contribution in [-0.2, 0) is 15.6 Å². The molecule has 6 nitrogen and oxygen atoms in total. The van der Waals surface area contributed by atoms with Gasteiger partial charge >= 0.3 is 5.51 Å². The van der Waals surface area contributed by atoms with Crippen molar-refractivity contribution in [3.05, 3.63) is 46.4 Å². The van der Waals surface area contributed by atoms with Gasteiger partial charge in [0.25, 0.3) is 9.84 Å². The van der Waals surface area contributed by atoms with Crippen LogP contribution in [0.25, 0.3) is 22.0 Å². The maximum absolute atomic E-state index is 12.7. The zero-order valence-corrected chi connectivity index (χ0v) is 21.0. The molecule has 0 amide bonds. The molecule has 0 unspecified atom stereocenters. The molecule has 1 aromatic carbocycles. The second-order valence-corrected chi connectivity index (χ2v) is 10.9. The number of nitrogens with zero attached hydrogens (tertiary/aromatic N) is 4. The van der Waals surface area contributed by atoms with Gasteiger partial charge in [-0.15, -0.1) is 11.3 Å². The Labute approximate surface area is 205 Å². The highest BCUT2D eigenvalue weighted by Crippen LogP contribution is 2.34. The fraction of sp³-hybridized carbons (Fsp3) is 0.409. The van der Waals surface area contributed by atoms with Crippen LogP contribution in [0.5, 0.6) is 0 Å². The normalized spacial score (nSPS) is 12.2. The lowest BCUT2D eigenvalue weighted by Crippen LogP contribution is -2.27. The second kappa shape index (κ2) is 11.0. The van der Waals surface area contributed by atoms with E-state index < -0.39 is 21.1 Å². The summed E-state index contributed by atoms with van der Waals surface area (Å²) in [6.07, 6.45) is 4.76. The van der Waals surface area contributed by atoms with E-state index in [-0.39, 0.29) is 10.6 Å². The predicted molar refractivity (Wildman–Crippen MR) is 130 cm³/mol. The number of sulfone groups is 1. The largest absolute Gasteiger partial charge is 0.497 e. The van der Waals surface area contributed by atoms with Crippen LogP contribution in [0.1, 0.15) is 38.7 Å². The number of hydrogen-bond acceptors (Lipinski definition) is 7. The summed E-state index contributed by atoms with van der Waals surface area (Å²) in [6.45, 7) is 5.94.